The second-order valence-electron chi connectivity index (χ2n) is 7.15. The highest BCUT2D eigenvalue weighted by Crippen LogP contribution is 2.42. The summed E-state index contributed by atoms with van der Waals surface area (Å²) in [6.07, 6.45) is 11.5. The van der Waals surface area contributed by atoms with Crippen molar-refractivity contribution in [2.75, 3.05) is 0 Å². The average molecular weight is 287 g/mol. The van der Waals surface area contributed by atoms with Gasteiger partial charge in [0, 0.05) is 6.04 Å². The molecule has 2 atom stereocenters. The third-order valence-electron chi connectivity index (χ3n) is 5.41. The molecule has 2 fully saturated rings. The molecule has 1 spiro atoms. The molecule has 0 amide bonds. The molecule has 1 heterocycles. The van der Waals surface area contributed by atoms with Gasteiger partial charge in [-0.05, 0) is 56.6 Å². The number of hydrogen-bond donors (Lipinski definition) is 1. The minimum Gasteiger partial charge on any atom is -0.372 e. The zero-order valence-corrected chi connectivity index (χ0v) is 13.3. The zero-order valence-electron chi connectivity index (χ0n) is 13.3. The third kappa shape index (κ3) is 3.67. The topological polar surface area (TPSA) is 35.2 Å². The van der Waals surface area contributed by atoms with Gasteiger partial charge in [-0.2, -0.15) is 0 Å². The van der Waals surface area contributed by atoms with Gasteiger partial charge >= 0.3 is 0 Å². The van der Waals surface area contributed by atoms with Gasteiger partial charge in [-0.1, -0.05) is 43.5 Å². The Hall–Kier alpha value is -0.860. The summed E-state index contributed by atoms with van der Waals surface area (Å²) in [5.41, 5.74) is 9.36. The highest BCUT2D eigenvalue weighted by Gasteiger charge is 2.40. The molecule has 0 radical (unpaired) electrons. The minimum absolute atomic E-state index is 0.217. The summed E-state index contributed by atoms with van der Waals surface area (Å²) in [7, 11) is 0. The predicted molar refractivity (Wildman–Crippen MR) is 87.4 cm³/mol. The van der Waals surface area contributed by atoms with Crippen molar-refractivity contribution in [2.45, 2.75) is 82.5 Å². The Morgan fingerprint density at radius 1 is 1.19 bits per heavy atom. The Balaban J connectivity index is 1.52. The van der Waals surface area contributed by atoms with E-state index in [-0.39, 0.29) is 11.6 Å². The molecule has 116 valence electrons. The normalized spacial score (nSPS) is 26.1. The molecule has 1 aliphatic carbocycles. The monoisotopic (exact) mass is 287 g/mol. The van der Waals surface area contributed by atoms with Crippen LogP contribution in [0.25, 0.3) is 0 Å². The van der Waals surface area contributed by atoms with Gasteiger partial charge in [-0.15, -0.1) is 0 Å². The van der Waals surface area contributed by atoms with Gasteiger partial charge in [0.1, 0.15) is 0 Å². The molecule has 3 rings (SSSR count). The highest BCUT2D eigenvalue weighted by atomic mass is 16.5. The first-order valence-corrected chi connectivity index (χ1v) is 8.65. The first-order chi connectivity index (χ1) is 10.2. The predicted octanol–water partition coefficient (Wildman–Crippen LogP) is 4.14. The molecule has 1 saturated heterocycles. The highest BCUT2D eigenvalue weighted by molar-refractivity contribution is 5.26. The van der Waals surface area contributed by atoms with Crippen molar-refractivity contribution >= 4 is 0 Å². The van der Waals surface area contributed by atoms with Gasteiger partial charge in [-0.25, -0.2) is 0 Å². The molecule has 1 aromatic carbocycles. The van der Waals surface area contributed by atoms with Crippen molar-refractivity contribution in [1.29, 1.82) is 0 Å². The molecule has 2 nitrogen and oxygen atoms in total. The van der Waals surface area contributed by atoms with Gasteiger partial charge in [-0.3, -0.25) is 0 Å². The van der Waals surface area contributed by atoms with E-state index >= 15 is 0 Å². The summed E-state index contributed by atoms with van der Waals surface area (Å²) >= 11 is 0. The third-order valence-corrected chi connectivity index (χ3v) is 5.41. The fourth-order valence-corrected chi connectivity index (χ4v) is 4.17. The molecule has 2 N–H and O–H groups in total. The molecule has 0 aromatic heterocycles. The van der Waals surface area contributed by atoms with Gasteiger partial charge in [0.25, 0.3) is 0 Å². The second-order valence-corrected chi connectivity index (χ2v) is 7.15. The molecule has 1 saturated carbocycles. The summed E-state index contributed by atoms with van der Waals surface area (Å²) in [5.74, 6) is 0. The second kappa shape index (κ2) is 6.50. The van der Waals surface area contributed by atoms with Gasteiger partial charge in [0.05, 0.1) is 11.7 Å². The standard InChI is InChI=1S/C19H29NO/c1-15-7-3-4-8-16(15)13-17(20)14-18-9-12-19(21-18)10-5-2-6-11-19/h3-4,7-8,17-18H,2,5-6,9-14,20H2,1H3. The molecule has 1 aliphatic heterocycles. The van der Waals surface area contributed by atoms with E-state index in [0.717, 1.165) is 12.8 Å². The molecule has 21 heavy (non-hydrogen) atoms. The molecule has 1 aromatic rings. The van der Waals surface area contributed by atoms with Crippen LogP contribution in [0, 0.1) is 6.92 Å². The van der Waals surface area contributed by atoms with Crippen molar-refractivity contribution in [3.8, 4) is 0 Å². The molecular weight excluding hydrogens is 258 g/mol. The summed E-state index contributed by atoms with van der Waals surface area (Å²) in [6, 6.07) is 8.79. The van der Waals surface area contributed by atoms with E-state index in [2.05, 4.69) is 31.2 Å². The van der Waals surface area contributed by atoms with E-state index in [1.165, 1.54) is 56.1 Å². The fourth-order valence-electron chi connectivity index (χ4n) is 4.17. The lowest BCUT2D eigenvalue weighted by Crippen LogP contribution is -2.34. The Labute approximate surface area is 129 Å². The van der Waals surface area contributed by atoms with Crippen LogP contribution in [0.5, 0.6) is 0 Å². The minimum atomic E-state index is 0.217. The molecular formula is C19H29NO. The Morgan fingerprint density at radius 3 is 2.71 bits per heavy atom. The number of benzene rings is 1. The Kier molecular flexibility index (Phi) is 4.66. The molecule has 2 heteroatoms. The number of ether oxygens (including phenoxy) is 1. The van der Waals surface area contributed by atoms with Crippen LogP contribution >= 0.6 is 0 Å². The number of nitrogens with two attached hydrogens (primary N) is 1. The van der Waals surface area contributed by atoms with E-state index in [4.69, 9.17) is 10.5 Å². The Morgan fingerprint density at radius 2 is 1.95 bits per heavy atom. The lowest BCUT2D eigenvalue weighted by Gasteiger charge is -2.33. The van der Waals surface area contributed by atoms with E-state index in [1.807, 2.05) is 0 Å². The first-order valence-electron chi connectivity index (χ1n) is 8.65. The molecule has 2 aliphatic rings. The van der Waals surface area contributed by atoms with E-state index in [1.54, 1.807) is 0 Å². The lowest BCUT2D eigenvalue weighted by molar-refractivity contribution is -0.0670. The maximum absolute atomic E-state index is 6.45. The summed E-state index contributed by atoms with van der Waals surface area (Å²) in [5, 5.41) is 0. The van der Waals surface area contributed by atoms with Crippen LogP contribution in [0.15, 0.2) is 24.3 Å². The maximum Gasteiger partial charge on any atom is 0.0687 e. The van der Waals surface area contributed by atoms with E-state index < -0.39 is 0 Å². The number of aryl methyl sites for hydroxylation is 1. The van der Waals surface area contributed by atoms with Gasteiger partial charge < -0.3 is 10.5 Å². The van der Waals surface area contributed by atoms with Crippen molar-refractivity contribution < 1.29 is 4.74 Å². The van der Waals surface area contributed by atoms with Crippen molar-refractivity contribution in [3.63, 3.8) is 0 Å². The largest absolute Gasteiger partial charge is 0.372 e. The summed E-state index contributed by atoms with van der Waals surface area (Å²) in [6.45, 7) is 2.17. The van der Waals surface area contributed by atoms with Crippen LogP contribution in [0.4, 0.5) is 0 Å². The fraction of sp³-hybridized carbons (Fsp3) is 0.684. The van der Waals surface area contributed by atoms with E-state index in [0.29, 0.717) is 6.10 Å². The van der Waals surface area contributed by atoms with Gasteiger partial charge in [0.15, 0.2) is 0 Å². The lowest BCUT2D eigenvalue weighted by atomic mass is 9.83. The zero-order chi connectivity index (χ0) is 14.7. The smallest absolute Gasteiger partial charge is 0.0687 e. The maximum atomic E-state index is 6.45. The molecule has 0 bridgehead atoms. The van der Waals surface area contributed by atoms with Crippen LogP contribution in [-0.2, 0) is 11.2 Å². The van der Waals surface area contributed by atoms with Crippen molar-refractivity contribution in [2.24, 2.45) is 5.73 Å². The van der Waals surface area contributed by atoms with E-state index in [9.17, 15) is 0 Å². The van der Waals surface area contributed by atoms with Crippen LogP contribution in [-0.4, -0.2) is 17.7 Å². The van der Waals surface area contributed by atoms with Gasteiger partial charge in [0.2, 0.25) is 0 Å². The Bertz CT molecular complexity index is 464. The number of rotatable bonds is 4. The summed E-state index contributed by atoms with van der Waals surface area (Å²) < 4.78 is 6.45. The van der Waals surface area contributed by atoms with Crippen LogP contribution < -0.4 is 5.73 Å². The number of hydrogen-bond acceptors (Lipinski definition) is 2. The molecule has 2 unspecified atom stereocenters. The average Bonchev–Trinajstić information content (AvgIpc) is 2.84. The van der Waals surface area contributed by atoms with Crippen molar-refractivity contribution in [3.05, 3.63) is 35.4 Å². The first kappa shape index (κ1) is 15.1. The van der Waals surface area contributed by atoms with Crippen LogP contribution in [0.2, 0.25) is 0 Å². The SMILES string of the molecule is Cc1ccccc1CC(N)CC1CCC2(CCCCC2)O1. The van der Waals surface area contributed by atoms with Crippen LogP contribution in [0.3, 0.4) is 0 Å². The summed E-state index contributed by atoms with van der Waals surface area (Å²) in [4.78, 5) is 0. The van der Waals surface area contributed by atoms with Crippen molar-refractivity contribution in [1.82, 2.24) is 0 Å². The quantitative estimate of drug-likeness (QED) is 0.903. The van der Waals surface area contributed by atoms with Crippen LogP contribution in [0.1, 0.15) is 62.5 Å².